The summed E-state index contributed by atoms with van der Waals surface area (Å²) < 4.78 is 19.0. The molecule has 1 aromatic rings. The molecule has 6 heteroatoms. The van der Waals surface area contributed by atoms with Gasteiger partial charge in [-0.25, -0.2) is 4.39 Å². The minimum atomic E-state index is -0.634. The maximum atomic E-state index is 14.0. The summed E-state index contributed by atoms with van der Waals surface area (Å²) in [4.78, 5) is 10.2. The van der Waals surface area contributed by atoms with E-state index in [9.17, 15) is 14.5 Å². The SMILES string of the molecule is COc1cc(NC(C2CC2)C2CC2)c(F)cc1[N+](=O)[O-]. The molecular weight excluding hydrogens is 263 g/mol. The summed E-state index contributed by atoms with van der Waals surface area (Å²) in [6, 6.07) is 2.61. The van der Waals surface area contributed by atoms with E-state index in [1.54, 1.807) is 0 Å². The van der Waals surface area contributed by atoms with Crippen LogP contribution < -0.4 is 10.1 Å². The van der Waals surface area contributed by atoms with Crippen molar-refractivity contribution in [3.05, 3.63) is 28.1 Å². The average molecular weight is 280 g/mol. The van der Waals surface area contributed by atoms with E-state index in [0.29, 0.717) is 17.5 Å². The van der Waals surface area contributed by atoms with Gasteiger partial charge in [-0.1, -0.05) is 0 Å². The Morgan fingerprint density at radius 3 is 2.40 bits per heavy atom. The van der Waals surface area contributed by atoms with Gasteiger partial charge in [0.05, 0.1) is 23.8 Å². The summed E-state index contributed by atoms with van der Waals surface area (Å²) in [6.07, 6.45) is 4.72. The van der Waals surface area contributed by atoms with Crippen molar-refractivity contribution in [2.75, 3.05) is 12.4 Å². The van der Waals surface area contributed by atoms with E-state index < -0.39 is 10.7 Å². The van der Waals surface area contributed by atoms with Gasteiger partial charge in [0, 0.05) is 12.1 Å². The molecule has 2 saturated carbocycles. The number of nitrogens with one attached hydrogen (secondary N) is 1. The van der Waals surface area contributed by atoms with Crippen LogP contribution in [0.4, 0.5) is 15.8 Å². The molecule has 108 valence electrons. The fourth-order valence-electron chi connectivity index (χ4n) is 2.67. The van der Waals surface area contributed by atoms with Gasteiger partial charge in [0.1, 0.15) is 0 Å². The van der Waals surface area contributed by atoms with E-state index in [1.807, 2.05) is 0 Å². The fraction of sp³-hybridized carbons (Fsp3) is 0.571. The molecule has 0 aromatic heterocycles. The Morgan fingerprint density at radius 1 is 1.35 bits per heavy atom. The molecule has 1 aromatic carbocycles. The van der Waals surface area contributed by atoms with E-state index in [2.05, 4.69) is 5.32 Å². The molecule has 0 saturated heterocycles. The van der Waals surface area contributed by atoms with Crippen LogP contribution in [0.15, 0.2) is 12.1 Å². The van der Waals surface area contributed by atoms with Crippen molar-refractivity contribution in [2.24, 2.45) is 11.8 Å². The van der Waals surface area contributed by atoms with Crippen LogP contribution in [-0.4, -0.2) is 18.1 Å². The number of hydrogen-bond acceptors (Lipinski definition) is 4. The molecular formula is C14H17FN2O3. The zero-order valence-corrected chi connectivity index (χ0v) is 11.3. The lowest BCUT2D eigenvalue weighted by atomic mass is 10.1. The number of halogens is 1. The molecule has 0 heterocycles. The van der Waals surface area contributed by atoms with Gasteiger partial charge in [0.2, 0.25) is 0 Å². The second kappa shape index (κ2) is 4.92. The summed E-state index contributed by atoms with van der Waals surface area (Å²) >= 11 is 0. The molecule has 2 fully saturated rings. The molecule has 1 N–H and O–H groups in total. The molecule has 2 aliphatic carbocycles. The number of hydrogen-bond donors (Lipinski definition) is 1. The van der Waals surface area contributed by atoms with Crippen molar-refractivity contribution < 1.29 is 14.1 Å². The number of nitrogens with zero attached hydrogens (tertiary/aromatic N) is 1. The Labute approximate surface area is 116 Å². The number of anilines is 1. The Kier molecular flexibility index (Phi) is 3.23. The third-order valence-corrected chi connectivity index (χ3v) is 4.05. The summed E-state index contributed by atoms with van der Waals surface area (Å²) in [5.74, 6) is 0.721. The summed E-state index contributed by atoms with van der Waals surface area (Å²) in [5.41, 5.74) is -0.0406. The highest BCUT2D eigenvalue weighted by atomic mass is 19.1. The van der Waals surface area contributed by atoms with Crippen molar-refractivity contribution in [1.29, 1.82) is 0 Å². The van der Waals surface area contributed by atoms with Crippen LogP contribution in [0, 0.1) is 27.8 Å². The van der Waals surface area contributed by atoms with Crippen molar-refractivity contribution in [3.63, 3.8) is 0 Å². The first kappa shape index (κ1) is 13.1. The van der Waals surface area contributed by atoms with Crippen molar-refractivity contribution in [3.8, 4) is 5.75 Å². The Balaban J connectivity index is 1.86. The Hall–Kier alpha value is -1.85. The highest BCUT2D eigenvalue weighted by molar-refractivity contribution is 5.59. The maximum absolute atomic E-state index is 14.0. The lowest BCUT2D eigenvalue weighted by Crippen LogP contribution is -2.24. The Morgan fingerprint density at radius 2 is 1.95 bits per heavy atom. The first-order valence-electron chi connectivity index (χ1n) is 6.88. The molecule has 5 nitrogen and oxygen atoms in total. The average Bonchev–Trinajstić information content (AvgIpc) is 3.28. The summed E-state index contributed by atoms with van der Waals surface area (Å²) in [7, 11) is 1.35. The number of nitro benzene ring substituents is 1. The first-order chi connectivity index (χ1) is 9.60. The van der Waals surface area contributed by atoms with Gasteiger partial charge in [-0.2, -0.15) is 0 Å². The monoisotopic (exact) mass is 280 g/mol. The van der Waals surface area contributed by atoms with Crippen LogP contribution in [0.25, 0.3) is 0 Å². The maximum Gasteiger partial charge on any atom is 0.313 e. The van der Waals surface area contributed by atoms with E-state index in [4.69, 9.17) is 4.74 Å². The smallest absolute Gasteiger partial charge is 0.313 e. The highest BCUT2D eigenvalue weighted by Crippen LogP contribution is 2.46. The quantitative estimate of drug-likeness (QED) is 0.641. The van der Waals surface area contributed by atoms with Gasteiger partial charge in [0.15, 0.2) is 11.6 Å². The van der Waals surface area contributed by atoms with Gasteiger partial charge < -0.3 is 10.1 Å². The minimum Gasteiger partial charge on any atom is -0.490 e. The lowest BCUT2D eigenvalue weighted by Gasteiger charge is -2.20. The van der Waals surface area contributed by atoms with Crippen molar-refractivity contribution in [2.45, 2.75) is 31.7 Å². The van der Waals surface area contributed by atoms with Crippen LogP contribution >= 0.6 is 0 Å². The van der Waals surface area contributed by atoms with E-state index >= 15 is 0 Å². The third kappa shape index (κ3) is 2.55. The number of ether oxygens (including phenoxy) is 1. The van der Waals surface area contributed by atoms with E-state index in [0.717, 1.165) is 6.07 Å². The predicted octanol–water partition coefficient (Wildman–Crippen LogP) is 3.34. The Bertz CT molecular complexity index is 529. The largest absolute Gasteiger partial charge is 0.490 e. The number of rotatable bonds is 6. The first-order valence-corrected chi connectivity index (χ1v) is 6.88. The zero-order chi connectivity index (χ0) is 14.3. The number of benzene rings is 1. The zero-order valence-electron chi connectivity index (χ0n) is 11.3. The minimum absolute atomic E-state index is 0.0873. The highest BCUT2D eigenvalue weighted by Gasteiger charge is 2.41. The molecule has 2 aliphatic rings. The van der Waals surface area contributed by atoms with Gasteiger partial charge >= 0.3 is 5.69 Å². The fourth-order valence-corrected chi connectivity index (χ4v) is 2.67. The predicted molar refractivity (Wildman–Crippen MR) is 72.5 cm³/mol. The van der Waals surface area contributed by atoms with Crippen molar-refractivity contribution >= 4 is 11.4 Å². The molecule has 0 atom stereocenters. The number of nitro groups is 1. The molecule has 0 unspecified atom stereocenters. The molecule has 0 spiro atoms. The van der Waals surface area contributed by atoms with E-state index in [1.165, 1.54) is 38.9 Å². The van der Waals surface area contributed by atoms with Crippen LogP contribution in [0.3, 0.4) is 0 Å². The standard InChI is InChI=1S/C14H17FN2O3/c1-20-13-7-11(10(15)6-12(13)17(18)19)16-14(8-2-3-8)9-4-5-9/h6-9,14,16H,2-5H2,1H3. The third-order valence-electron chi connectivity index (χ3n) is 4.05. The molecule has 0 amide bonds. The second-order valence-electron chi connectivity index (χ2n) is 5.61. The van der Waals surface area contributed by atoms with Crippen LogP contribution in [-0.2, 0) is 0 Å². The molecule has 0 aliphatic heterocycles. The molecule has 3 rings (SSSR count). The van der Waals surface area contributed by atoms with Gasteiger partial charge in [-0.05, 0) is 37.5 Å². The second-order valence-corrected chi connectivity index (χ2v) is 5.61. The number of methoxy groups -OCH3 is 1. The van der Waals surface area contributed by atoms with Gasteiger partial charge in [-0.15, -0.1) is 0 Å². The topological polar surface area (TPSA) is 64.4 Å². The van der Waals surface area contributed by atoms with Crippen LogP contribution in [0.1, 0.15) is 25.7 Å². The lowest BCUT2D eigenvalue weighted by molar-refractivity contribution is -0.385. The van der Waals surface area contributed by atoms with Crippen LogP contribution in [0.5, 0.6) is 5.75 Å². The normalized spacial score (nSPS) is 18.1. The van der Waals surface area contributed by atoms with E-state index in [-0.39, 0.29) is 17.5 Å². The van der Waals surface area contributed by atoms with Gasteiger partial charge in [-0.3, -0.25) is 10.1 Å². The molecule has 0 bridgehead atoms. The van der Waals surface area contributed by atoms with Gasteiger partial charge in [0.25, 0.3) is 0 Å². The molecule has 20 heavy (non-hydrogen) atoms. The molecule has 0 radical (unpaired) electrons. The summed E-state index contributed by atoms with van der Waals surface area (Å²) in [5, 5.41) is 14.1. The van der Waals surface area contributed by atoms with Crippen LogP contribution in [0.2, 0.25) is 0 Å². The van der Waals surface area contributed by atoms with Crippen molar-refractivity contribution in [1.82, 2.24) is 0 Å². The summed E-state index contributed by atoms with van der Waals surface area (Å²) in [6.45, 7) is 0.